The lowest BCUT2D eigenvalue weighted by atomic mass is 10.1. The summed E-state index contributed by atoms with van der Waals surface area (Å²) < 4.78 is 17.2. The summed E-state index contributed by atoms with van der Waals surface area (Å²) >= 11 is 0. The summed E-state index contributed by atoms with van der Waals surface area (Å²) in [6, 6.07) is 20.3. The topological polar surface area (TPSA) is 77.1 Å². The molecule has 0 fully saturated rings. The van der Waals surface area contributed by atoms with Crippen molar-refractivity contribution >= 4 is 23.2 Å². The van der Waals surface area contributed by atoms with Crippen LogP contribution in [-0.2, 0) is 11.2 Å². The molecule has 0 aliphatic carbocycles. The Morgan fingerprint density at radius 1 is 0.912 bits per heavy atom. The molecule has 7 nitrogen and oxygen atoms in total. The van der Waals surface area contributed by atoms with Gasteiger partial charge in [0, 0.05) is 30.4 Å². The average Bonchev–Trinajstić information content (AvgIpc) is 3.27. The first kappa shape index (κ1) is 23.2. The molecule has 1 heterocycles. The number of benzene rings is 3. The van der Waals surface area contributed by atoms with Crippen LogP contribution in [0.1, 0.15) is 29.8 Å². The lowest BCUT2D eigenvalue weighted by Crippen LogP contribution is -2.25. The van der Waals surface area contributed by atoms with Crippen LogP contribution in [0.3, 0.4) is 0 Å². The molecule has 176 valence electrons. The molecular formula is C27H28N2O5. The van der Waals surface area contributed by atoms with Gasteiger partial charge in [0.1, 0.15) is 19.0 Å². The number of nitrogens with zero attached hydrogens (tertiary/aromatic N) is 1. The van der Waals surface area contributed by atoms with Crippen molar-refractivity contribution in [2.24, 2.45) is 0 Å². The minimum absolute atomic E-state index is 0.0212. The monoisotopic (exact) mass is 460 g/mol. The third kappa shape index (κ3) is 5.49. The van der Waals surface area contributed by atoms with E-state index in [4.69, 9.17) is 14.2 Å². The molecule has 0 aromatic heterocycles. The summed E-state index contributed by atoms with van der Waals surface area (Å²) in [5.74, 6) is 1.61. The van der Waals surface area contributed by atoms with Crippen molar-refractivity contribution in [3.8, 4) is 17.2 Å². The zero-order chi connectivity index (χ0) is 23.9. The average molecular weight is 461 g/mol. The van der Waals surface area contributed by atoms with Gasteiger partial charge in [-0.2, -0.15) is 0 Å². The number of hydrogen-bond donors (Lipinski definition) is 1. The van der Waals surface area contributed by atoms with Crippen molar-refractivity contribution in [1.29, 1.82) is 0 Å². The zero-order valence-corrected chi connectivity index (χ0v) is 19.4. The summed E-state index contributed by atoms with van der Waals surface area (Å²) in [6.45, 7) is 5.27. The van der Waals surface area contributed by atoms with Gasteiger partial charge in [0.15, 0.2) is 11.5 Å². The minimum Gasteiger partial charge on any atom is -0.490 e. The molecule has 1 N–H and O–H groups in total. The highest BCUT2D eigenvalue weighted by Gasteiger charge is 2.22. The fourth-order valence-corrected chi connectivity index (χ4v) is 3.87. The lowest BCUT2D eigenvalue weighted by molar-refractivity contribution is -0.116. The van der Waals surface area contributed by atoms with Gasteiger partial charge in [0.05, 0.1) is 6.61 Å². The van der Waals surface area contributed by atoms with E-state index in [1.807, 2.05) is 55.5 Å². The molecule has 0 spiro atoms. The van der Waals surface area contributed by atoms with E-state index in [1.54, 1.807) is 30.0 Å². The predicted octanol–water partition coefficient (Wildman–Crippen LogP) is 4.70. The standard InChI is InChI=1S/C27H28N2O5/c1-3-32-26-18-21(9-12-25(26)34-16-15-33-23-7-5-4-6-8-23)27(31)28-22-10-11-24-20(17-22)13-14-29(24)19(2)30/h4-12,17-18H,3,13-16H2,1-2H3,(H,28,31). The van der Waals surface area contributed by atoms with Crippen LogP contribution in [0.15, 0.2) is 66.7 Å². The molecule has 34 heavy (non-hydrogen) atoms. The highest BCUT2D eigenvalue weighted by atomic mass is 16.5. The number of carbonyl (C=O) groups excluding carboxylic acids is 2. The number of nitrogens with one attached hydrogen (secondary N) is 1. The van der Waals surface area contributed by atoms with Gasteiger partial charge in [-0.25, -0.2) is 0 Å². The van der Waals surface area contributed by atoms with Crippen molar-refractivity contribution in [1.82, 2.24) is 0 Å². The Hall–Kier alpha value is -4.00. The molecule has 3 aromatic rings. The van der Waals surface area contributed by atoms with Crippen LogP contribution in [0.2, 0.25) is 0 Å². The van der Waals surface area contributed by atoms with E-state index in [0.717, 1.165) is 23.4 Å². The molecule has 0 saturated heterocycles. The van der Waals surface area contributed by atoms with E-state index >= 15 is 0 Å². The number of para-hydroxylation sites is 1. The molecule has 0 radical (unpaired) electrons. The van der Waals surface area contributed by atoms with Gasteiger partial charge in [-0.05, 0) is 67.4 Å². The first-order valence-electron chi connectivity index (χ1n) is 11.3. The second kappa shape index (κ2) is 10.7. The van der Waals surface area contributed by atoms with Crippen molar-refractivity contribution < 1.29 is 23.8 Å². The van der Waals surface area contributed by atoms with E-state index in [0.29, 0.717) is 49.1 Å². The fraction of sp³-hybridized carbons (Fsp3) is 0.259. The van der Waals surface area contributed by atoms with Crippen molar-refractivity contribution in [3.63, 3.8) is 0 Å². The van der Waals surface area contributed by atoms with Gasteiger partial charge < -0.3 is 24.4 Å². The highest BCUT2D eigenvalue weighted by Crippen LogP contribution is 2.32. The SMILES string of the molecule is CCOc1cc(C(=O)Nc2ccc3c(c2)CCN3C(C)=O)ccc1OCCOc1ccccc1. The summed E-state index contributed by atoms with van der Waals surface area (Å²) in [4.78, 5) is 26.4. The minimum atomic E-state index is -0.249. The van der Waals surface area contributed by atoms with Crippen LogP contribution in [0.5, 0.6) is 17.2 Å². The Morgan fingerprint density at radius 2 is 1.71 bits per heavy atom. The summed E-state index contributed by atoms with van der Waals surface area (Å²) in [5.41, 5.74) is 3.10. The molecule has 0 saturated carbocycles. The second-order valence-corrected chi connectivity index (χ2v) is 7.82. The van der Waals surface area contributed by atoms with Crippen LogP contribution >= 0.6 is 0 Å². The van der Waals surface area contributed by atoms with E-state index < -0.39 is 0 Å². The van der Waals surface area contributed by atoms with Crippen molar-refractivity contribution in [3.05, 3.63) is 77.9 Å². The van der Waals surface area contributed by atoms with Gasteiger partial charge in [0.25, 0.3) is 5.91 Å². The van der Waals surface area contributed by atoms with E-state index in [1.165, 1.54) is 0 Å². The molecule has 0 bridgehead atoms. The largest absolute Gasteiger partial charge is 0.490 e. The smallest absolute Gasteiger partial charge is 0.255 e. The van der Waals surface area contributed by atoms with E-state index in [9.17, 15) is 9.59 Å². The number of amides is 2. The first-order valence-corrected chi connectivity index (χ1v) is 11.3. The normalized spacial score (nSPS) is 12.1. The van der Waals surface area contributed by atoms with Crippen LogP contribution in [0, 0.1) is 0 Å². The van der Waals surface area contributed by atoms with Crippen molar-refractivity contribution in [2.75, 3.05) is 36.6 Å². The quantitative estimate of drug-likeness (QED) is 0.468. The summed E-state index contributed by atoms with van der Waals surface area (Å²) in [6.07, 6.45) is 0.771. The zero-order valence-electron chi connectivity index (χ0n) is 19.4. The lowest BCUT2D eigenvalue weighted by Gasteiger charge is -2.15. The molecule has 7 heteroatoms. The summed E-state index contributed by atoms with van der Waals surface area (Å²) in [5, 5.41) is 2.93. The predicted molar refractivity (Wildman–Crippen MR) is 131 cm³/mol. The van der Waals surface area contributed by atoms with Crippen LogP contribution < -0.4 is 24.4 Å². The van der Waals surface area contributed by atoms with Gasteiger partial charge in [0.2, 0.25) is 5.91 Å². The Labute approximate surface area is 199 Å². The number of ether oxygens (including phenoxy) is 3. The molecule has 1 aliphatic rings. The van der Waals surface area contributed by atoms with E-state index in [2.05, 4.69) is 5.32 Å². The number of anilines is 2. The van der Waals surface area contributed by atoms with Crippen LogP contribution in [0.25, 0.3) is 0 Å². The molecule has 0 atom stereocenters. The maximum absolute atomic E-state index is 12.9. The highest BCUT2D eigenvalue weighted by molar-refractivity contribution is 6.05. The number of hydrogen-bond acceptors (Lipinski definition) is 5. The molecular weight excluding hydrogens is 432 g/mol. The Balaban J connectivity index is 1.39. The maximum atomic E-state index is 12.9. The Kier molecular flexibility index (Phi) is 7.32. The molecule has 1 aliphatic heterocycles. The fourth-order valence-electron chi connectivity index (χ4n) is 3.87. The third-order valence-electron chi connectivity index (χ3n) is 5.47. The Bertz CT molecular complexity index is 1160. The molecule has 2 amide bonds. The van der Waals surface area contributed by atoms with Gasteiger partial charge in [-0.3, -0.25) is 9.59 Å². The molecule has 3 aromatic carbocycles. The third-order valence-corrected chi connectivity index (χ3v) is 5.47. The maximum Gasteiger partial charge on any atom is 0.255 e. The number of carbonyl (C=O) groups is 2. The van der Waals surface area contributed by atoms with E-state index in [-0.39, 0.29) is 11.8 Å². The summed E-state index contributed by atoms with van der Waals surface area (Å²) in [7, 11) is 0. The molecule has 0 unspecified atom stereocenters. The first-order chi connectivity index (χ1) is 16.5. The van der Waals surface area contributed by atoms with Crippen LogP contribution in [-0.4, -0.2) is 38.2 Å². The number of rotatable bonds is 9. The molecule has 4 rings (SSSR count). The van der Waals surface area contributed by atoms with Gasteiger partial charge >= 0.3 is 0 Å². The second-order valence-electron chi connectivity index (χ2n) is 7.82. The Morgan fingerprint density at radius 3 is 2.47 bits per heavy atom. The number of fused-ring (bicyclic) bond motifs is 1. The van der Waals surface area contributed by atoms with Gasteiger partial charge in [-0.15, -0.1) is 0 Å². The van der Waals surface area contributed by atoms with Crippen LogP contribution in [0.4, 0.5) is 11.4 Å². The van der Waals surface area contributed by atoms with Crippen molar-refractivity contribution in [2.45, 2.75) is 20.3 Å². The van der Waals surface area contributed by atoms with Gasteiger partial charge in [-0.1, -0.05) is 18.2 Å².